The highest BCUT2D eigenvalue weighted by molar-refractivity contribution is 6.43. The Balaban J connectivity index is 1.65. The van der Waals surface area contributed by atoms with Crippen molar-refractivity contribution >= 4 is 35.1 Å². The van der Waals surface area contributed by atoms with E-state index in [0.29, 0.717) is 11.1 Å². The summed E-state index contributed by atoms with van der Waals surface area (Å²) in [4.78, 5) is 56.0. The summed E-state index contributed by atoms with van der Waals surface area (Å²) in [6, 6.07) is 4.14. The summed E-state index contributed by atoms with van der Waals surface area (Å²) in [7, 11) is 1.51. The minimum absolute atomic E-state index is 0.0639. The molecule has 3 heterocycles. The van der Waals surface area contributed by atoms with Gasteiger partial charge in [-0.2, -0.15) is 0 Å². The largest absolute Gasteiger partial charge is 0.383 e. The predicted octanol–water partition coefficient (Wildman–Crippen LogP) is 1.33. The number of Topliss-reactive ketones (excluding diaryl/α,β-unsaturated/α-hetero) is 1. The highest BCUT2D eigenvalue weighted by Crippen LogP contribution is 2.39. The summed E-state index contributed by atoms with van der Waals surface area (Å²) in [5.74, 6) is -4.48. The van der Waals surface area contributed by atoms with Crippen molar-refractivity contribution < 1.29 is 28.3 Å². The second-order valence-corrected chi connectivity index (χ2v) is 8.13. The maximum Gasteiger partial charge on any atom is 0.297 e. The Morgan fingerprint density at radius 1 is 1.19 bits per heavy atom. The van der Waals surface area contributed by atoms with E-state index in [9.17, 15) is 23.6 Å². The Morgan fingerprint density at radius 2 is 1.94 bits per heavy atom. The molecule has 0 spiro atoms. The van der Waals surface area contributed by atoms with Crippen LogP contribution in [0.1, 0.15) is 18.9 Å². The number of fused-ring (bicyclic) bond motifs is 2. The van der Waals surface area contributed by atoms with Crippen LogP contribution in [0.5, 0.6) is 0 Å². The molecule has 3 amide bonds. The van der Waals surface area contributed by atoms with Gasteiger partial charge < -0.3 is 14.5 Å². The van der Waals surface area contributed by atoms with Gasteiger partial charge in [0.25, 0.3) is 11.8 Å². The van der Waals surface area contributed by atoms with Crippen molar-refractivity contribution in [2.24, 2.45) is 5.92 Å². The molecule has 0 saturated carbocycles. The van der Waals surface area contributed by atoms with Gasteiger partial charge in [0.15, 0.2) is 0 Å². The quantitative estimate of drug-likeness (QED) is 0.500. The lowest BCUT2D eigenvalue weighted by Gasteiger charge is -2.38. The third-order valence-electron chi connectivity index (χ3n) is 5.98. The van der Waals surface area contributed by atoms with Gasteiger partial charge in [-0.25, -0.2) is 4.39 Å². The first-order valence-corrected chi connectivity index (χ1v) is 10.3. The van der Waals surface area contributed by atoms with Gasteiger partial charge in [0.2, 0.25) is 11.7 Å². The number of likely N-dealkylation sites (tertiary alicyclic amines) is 1. The second kappa shape index (κ2) is 8.05. The van der Waals surface area contributed by atoms with Gasteiger partial charge in [0, 0.05) is 26.7 Å². The Labute approximate surface area is 183 Å². The van der Waals surface area contributed by atoms with Crippen molar-refractivity contribution in [3.63, 3.8) is 0 Å². The summed E-state index contributed by atoms with van der Waals surface area (Å²) in [6.45, 7) is 2.60. The molecule has 0 aliphatic carbocycles. The normalized spacial score (nSPS) is 23.7. The molecule has 31 heavy (non-hydrogen) atoms. The number of carbonyl (C=O) groups excluding carboxylic acids is 4. The molecule has 2 saturated heterocycles. The summed E-state index contributed by atoms with van der Waals surface area (Å²) >= 11 is 5.82. The van der Waals surface area contributed by atoms with Crippen molar-refractivity contribution in [3.8, 4) is 0 Å². The zero-order valence-corrected chi connectivity index (χ0v) is 17.8. The van der Waals surface area contributed by atoms with Crippen LogP contribution in [-0.4, -0.2) is 71.2 Å². The van der Waals surface area contributed by atoms with Crippen molar-refractivity contribution in [2.45, 2.75) is 26.1 Å². The van der Waals surface area contributed by atoms with Crippen molar-refractivity contribution in [3.05, 3.63) is 45.9 Å². The molecule has 0 radical (unpaired) electrons. The Morgan fingerprint density at radius 3 is 2.61 bits per heavy atom. The number of methoxy groups -OCH3 is 1. The van der Waals surface area contributed by atoms with Gasteiger partial charge >= 0.3 is 0 Å². The lowest BCUT2D eigenvalue weighted by Crippen LogP contribution is -2.54. The highest BCUT2D eigenvalue weighted by Gasteiger charge is 2.55. The number of amides is 3. The van der Waals surface area contributed by atoms with E-state index in [4.69, 9.17) is 16.3 Å². The van der Waals surface area contributed by atoms with Crippen LogP contribution in [0.3, 0.4) is 0 Å². The molecule has 3 aliphatic rings. The molecule has 0 bridgehead atoms. The molecular formula is C21H21ClFN3O5. The average Bonchev–Trinajstić information content (AvgIpc) is 2.99. The van der Waals surface area contributed by atoms with Crippen LogP contribution in [0.2, 0.25) is 5.02 Å². The van der Waals surface area contributed by atoms with E-state index in [1.54, 1.807) is 6.92 Å². The van der Waals surface area contributed by atoms with E-state index in [1.165, 1.54) is 40.0 Å². The van der Waals surface area contributed by atoms with Crippen LogP contribution in [0, 0.1) is 11.7 Å². The molecule has 3 aliphatic heterocycles. The van der Waals surface area contributed by atoms with Gasteiger partial charge in [-0.1, -0.05) is 17.7 Å². The first-order valence-electron chi connectivity index (χ1n) is 9.89. The predicted molar refractivity (Wildman–Crippen MR) is 107 cm³/mol. The zero-order chi connectivity index (χ0) is 22.4. The summed E-state index contributed by atoms with van der Waals surface area (Å²) in [5.41, 5.74) is 1.12. The summed E-state index contributed by atoms with van der Waals surface area (Å²) < 4.78 is 18.5. The fraction of sp³-hybridized carbons (Fsp3) is 0.429. The Kier molecular flexibility index (Phi) is 5.57. The van der Waals surface area contributed by atoms with Crippen LogP contribution in [0.25, 0.3) is 0 Å². The second-order valence-electron chi connectivity index (χ2n) is 7.73. The molecule has 1 aromatic carbocycles. The molecule has 2 unspecified atom stereocenters. The number of nitrogens with zero attached hydrogens (tertiary/aromatic N) is 3. The molecule has 1 aromatic rings. The van der Waals surface area contributed by atoms with E-state index in [2.05, 4.69) is 0 Å². The van der Waals surface area contributed by atoms with Gasteiger partial charge in [-0.05, 0) is 36.6 Å². The number of benzene rings is 1. The van der Waals surface area contributed by atoms with Crippen molar-refractivity contribution in [2.75, 3.05) is 26.8 Å². The molecule has 0 aromatic heterocycles. The standard InChI is InChI=1S/C21H21ClFN3O5/c1-11-25(7-8-31-2)20(29)17-13-5-6-24(10-12-3-4-15(23)14(22)9-12)19(28)16(13)18(27)21(30)26(11)17/h3-4,9,11,16H,5-8,10H2,1-2H3. The number of halogens is 2. The number of piperidine rings is 1. The average molecular weight is 450 g/mol. The third-order valence-corrected chi connectivity index (χ3v) is 6.27. The number of hydrogen-bond acceptors (Lipinski definition) is 5. The maximum atomic E-state index is 13.4. The van der Waals surface area contributed by atoms with E-state index >= 15 is 0 Å². The minimum atomic E-state index is -1.30. The van der Waals surface area contributed by atoms with E-state index in [1.807, 2.05) is 0 Å². The number of ether oxygens (including phenoxy) is 1. The van der Waals surface area contributed by atoms with E-state index in [0.717, 1.165) is 0 Å². The van der Waals surface area contributed by atoms with Crippen LogP contribution >= 0.6 is 11.6 Å². The SMILES string of the molecule is COCCN1C(=O)C2=C3CCN(Cc4ccc(F)c(Cl)c4)C(=O)C3C(=O)C(=O)N2C1C. The van der Waals surface area contributed by atoms with Gasteiger partial charge in [-0.15, -0.1) is 0 Å². The molecule has 4 rings (SSSR count). The number of carbonyl (C=O) groups is 4. The molecule has 2 atom stereocenters. The topological polar surface area (TPSA) is 87.2 Å². The van der Waals surface area contributed by atoms with Crippen LogP contribution in [-0.2, 0) is 30.5 Å². The first-order chi connectivity index (χ1) is 14.8. The van der Waals surface area contributed by atoms with Crippen molar-refractivity contribution in [1.29, 1.82) is 0 Å². The number of rotatable bonds is 5. The number of ketones is 1. The monoisotopic (exact) mass is 449 g/mol. The molecule has 2 fully saturated rings. The molecule has 8 nitrogen and oxygen atoms in total. The molecule has 164 valence electrons. The summed E-state index contributed by atoms with van der Waals surface area (Å²) in [5, 5.41) is -0.0639. The highest BCUT2D eigenvalue weighted by atomic mass is 35.5. The van der Waals surface area contributed by atoms with Gasteiger partial charge in [0.1, 0.15) is 23.6 Å². The zero-order valence-electron chi connectivity index (χ0n) is 17.1. The smallest absolute Gasteiger partial charge is 0.297 e. The fourth-order valence-corrected chi connectivity index (χ4v) is 4.60. The van der Waals surface area contributed by atoms with Crippen LogP contribution in [0.15, 0.2) is 29.5 Å². The summed E-state index contributed by atoms with van der Waals surface area (Å²) in [6.07, 6.45) is -0.343. The minimum Gasteiger partial charge on any atom is -0.383 e. The van der Waals surface area contributed by atoms with Gasteiger partial charge in [0.05, 0.1) is 11.6 Å². The maximum absolute atomic E-state index is 13.4. The molecule has 0 N–H and O–H groups in total. The first kappa shape index (κ1) is 21.5. The van der Waals surface area contributed by atoms with Gasteiger partial charge in [-0.3, -0.25) is 24.1 Å². The van der Waals surface area contributed by atoms with E-state index < -0.39 is 35.5 Å². The lowest BCUT2D eigenvalue weighted by molar-refractivity contribution is -0.153. The molecular weight excluding hydrogens is 429 g/mol. The molecule has 10 heteroatoms. The van der Waals surface area contributed by atoms with E-state index in [-0.39, 0.29) is 49.3 Å². The van der Waals surface area contributed by atoms with Crippen molar-refractivity contribution in [1.82, 2.24) is 14.7 Å². The Hall–Kier alpha value is -2.78. The fourth-order valence-electron chi connectivity index (χ4n) is 4.40. The third kappa shape index (κ3) is 3.41. The lowest BCUT2D eigenvalue weighted by atomic mass is 9.82. The van der Waals surface area contributed by atoms with Crippen LogP contribution in [0.4, 0.5) is 4.39 Å². The number of hydrogen-bond donors (Lipinski definition) is 0. The Bertz CT molecular complexity index is 1030. The van der Waals surface area contributed by atoms with Crippen LogP contribution < -0.4 is 0 Å².